The van der Waals surface area contributed by atoms with Crippen LogP contribution in [-0.4, -0.2) is 71.8 Å². The molecule has 1 aromatic carbocycles. The lowest BCUT2D eigenvalue weighted by Gasteiger charge is -2.38. The quantitative estimate of drug-likeness (QED) is 0.569. The monoisotopic (exact) mass is 562 g/mol. The predicted molar refractivity (Wildman–Crippen MR) is 144 cm³/mol. The average Bonchev–Trinajstić information content (AvgIpc) is 3.59. The number of nitrogens with one attached hydrogen (secondary N) is 1. The second kappa shape index (κ2) is 9.66. The standard InChI is InChI=1S/C28H34ClF3N6O/c29-21-4-1-5-23(24(21)28(30,31)32)36-13-8-20-22(16-36)34-26(39-17-27-9-2-11-38(27)12-3-10-27)35-25(20)37-14-18-6-7-19(15-37)33-18/h1,4-5,18-19,33H,2-3,6-17H2/t18-,19+. The van der Waals surface area contributed by atoms with Crippen molar-refractivity contribution in [2.45, 2.75) is 75.3 Å². The van der Waals surface area contributed by atoms with Crippen molar-refractivity contribution < 1.29 is 17.9 Å². The molecule has 0 amide bonds. The maximum absolute atomic E-state index is 14.0. The molecule has 39 heavy (non-hydrogen) atoms. The van der Waals surface area contributed by atoms with Crippen molar-refractivity contribution in [3.63, 3.8) is 0 Å². The van der Waals surface area contributed by atoms with E-state index in [-0.39, 0.29) is 22.8 Å². The van der Waals surface area contributed by atoms with Crippen molar-refractivity contribution in [2.24, 2.45) is 0 Å². The first-order chi connectivity index (χ1) is 18.8. The molecule has 0 saturated carbocycles. The molecule has 1 aromatic heterocycles. The molecule has 0 spiro atoms. The maximum atomic E-state index is 14.0. The number of hydrogen-bond donors (Lipinski definition) is 1. The Kier molecular flexibility index (Phi) is 6.36. The maximum Gasteiger partial charge on any atom is 0.419 e. The number of nitrogens with zero attached hydrogens (tertiary/aromatic N) is 5. The van der Waals surface area contributed by atoms with Gasteiger partial charge in [-0.15, -0.1) is 0 Å². The zero-order chi connectivity index (χ0) is 26.8. The van der Waals surface area contributed by atoms with Gasteiger partial charge in [0, 0.05) is 37.3 Å². The second-order valence-corrected chi connectivity index (χ2v) is 12.2. The van der Waals surface area contributed by atoms with Gasteiger partial charge in [0.25, 0.3) is 0 Å². The lowest BCUT2D eigenvalue weighted by molar-refractivity contribution is -0.137. The highest BCUT2D eigenvalue weighted by atomic mass is 35.5. The first-order valence-electron chi connectivity index (χ1n) is 14.2. The molecular formula is C28H34ClF3N6O. The number of ether oxygens (including phenoxy) is 1. The fourth-order valence-electron chi connectivity index (χ4n) is 7.61. The third-order valence-corrected chi connectivity index (χ3v) is 9.75. The van der Waals surface area contributed by atoms with Crippen molar-refractivity contribution >= 4 is 23.1 Å². The summed E-state index contributed by atoms with van der Waals surface area (Å²) in [5.41, 5.74) is 1.13. The summed E-state index contributed by atoms with van der Waals surface area (Å²) in [6.45, 7) is 5.19. The molecule has 210 valence electrons. The topological polar surface area (TPSA) is 56.8 Å². The molecule has 7 rings (SSSR count). The van der Waals surface area contributed by atoms with Crippen LogP contribution in [0, 0.1) is 0 Å². The van der Waals surface area contributed by atoms with Gasteiger partial charge in [-0.25, -0.2) is 0 Å². The summed E-state index contributed by atoms with van der Waals surface area (Å²) in [7, 11) is 0. The molecule has 0 aliphatic carbocycles. The third kappa shape index (κ3) is 4.62. The van der Waals surface area contributed by atoms with Gasteiger partial charge in [-0.2, -0.15) is 23.1 Å². The summed E-state index contributed by atoms with van der Waals surface area (Å²) in [4.78, 5) is 16.4. The number of aromatic nitrogens is 2. The Morgan fingerprint density at radius 3 is 2.49 bits per heavy atom. The van der Waals surface area contributed by atoms with E-state index in [0.29, 0.717) is 37.7 Å². The second-order valence-electron chi connectivity index (χ2n) is 11.8. The molecule has 0 unspecified atom stereocenters. The molecule has 2 atom stereocenters. The van der Waals surface area contributed by atoms with Gasteiger partial charge in [-0.3, -0.25) is 4.90 Å². The molecule has 2 aromatic rings. The largest absolute Gasteiger partial charge is 0.461 e. The van der Waals surface area contributed by atoms with Gasteiger partial charge in [0.15, 0.2) is 0 Å². The molecule has 6 heterocycles. The summed E-state index contributed by atoms with van der Waals surface area (Å²) in [5, 5.41) is 3.39. The summed E-state index contributed by atoms with van der Waals surface area (Å²) in [6, 6.07) is 5.58. The number of piperazine rings is 1. The Labute approximate surface area is 231 Å². The third-order valence-electron chi connectivity index (χ3n) is 9.44. The zero-order valence-electron chi connectivity index (χ0n) is 21.9. The summed E-state index contributed by atoms with van der Waals surface area (Å²) < 4.78 is 48.3. The van der Waals surface area contributed by atoms with Crippen LogP contribution in [0.3, 0.4) is 0 Å². The molecule has 7 nitrogen and oxygen atoms in total. The molecule has 5 aliphatic rings. The van der Waals surface area contributed by atoms with Crippen molar-refractivity contribution in [3.8, 4) is 6.01 Å². The fourth-order valence-corrected chi connectivity index (χ4v) is 7.88. The van der Waals surface area contributed by atoms with Crippen molar-refractivity contribution in [1.82, 2.24) is 20.2 Å². The smallest absolute Gasteiger partial charge is 0.419 e. The SMILES string of the molecule is FC(F)(F)c1c(Cl)cccc1N1CCc2c(nc(OCC34CCCN3CCC4)nc2N2C[C@H]3CC[C@@H](C2)N3)C1. The van der Waals surface area contributed by atoms with Gasteiger partial charge in [0.1, 0.15) is 12.4 Å². The van der Waals surface area contributed by atoms with E-state index in [9.17, 15) is 13.2 Å². The molecule has 11 heteroatoms. The molecule has 1 N–H and O–H groups in total. The number of hydrogen-bond acceptors (Lipinski definition) is 7. The average molecular weight is 563 g/mol. The molecule has 2 bridgehead atoms. The van der Waals surface area contributed by atoms with Crippen LogP contribution in [0.15, 0.2) is 18.2 Å². The Morgan fingerprint density at radius 2 is 1.77 bits per heavy atom. The number of halogens is 4. The normalized spacial score (nSPS) is 26.2. The van der Waals surface area contributed by atoms with E-state index >= 15 is 0 Å². The minimum absolute atomic E-state index is 0.0576. The highest BCUT2D eigenvalue weighted by Crippen LogP contribution is 2.43. The zero-order valence-corrected chi connectivity index (χ0v) is 22.7. The van der Waals surface area contributed by atoms with Crippen LogP contribution < -0.4 is 19.9 Å². The molecular weight excluding hydrogens is 529 g/mol. The Balaban J connectivity index is 1.22. The fraction of sp³-hybridized carbons (Fsp3) is 0.643. The van der Waals surface area contributed by atoms with Crippen LogP contribution >= 0.6 is 11.6 Å². The predicted octanol–water partition coefficient (Wildman–Crippen LogP) is 4.66. The van der Waals surface area contributed by atoms with E-state index in [4.69, 9.17) is 26.3 Å². The van der Waals surface area contributed by atoms with E-state index in [1.165, 1.54) is 25.0 Å². The highest BCUT2D eigenvalue weighted by molar-refractivity contribution is 6.31. The van der Waals surface area contributed by atoms with Crippen molar-refractivity contribution in [1.29, 1.82) is 0 Å². The number of alkyl halides is 3. The summed E-state index contributed by atoms with van der Waals surface area (Å²) >= 11 is 6.06. The summed E-state index contributed by atoms with van der Waals surface area (Å²) in [6.07, 6.45) is 2.92. The molecule has 4 fully saturated rings. The van der Waals surface area contributed by atoms with Gasteiger partial charge in [-0.05, 0) is 70.2 Å². The van der Waals surface area contributed by atoms with E-state index in [1.807, 2.05) is 0 Å². The van der Waals surface area contributed by atoms with Crippen LogP contribution in [0.1, 0.15) is 55.3 Å². The van der Waals surface area contributed by atoms with E-state index in [1.54, 1.807) is 11.0 Å². The first kappa shape index (κ1) is 25.7. The summed E-state index contributed by atoms with van der Waals surface area (Å²) in [5.74, 6) is 0.891. The van der Waals surface area contributed by atoms with Crippen LogP contribution in [0.4, 0.5) is 24.7 Å². The van der Waals surface area contributed by atoms with Crippen LogP contribution in [0.2, 0.25) is 5.02 Å². The Bertz CT molecular complexity index is 1240. The van der Waals surface area contributed by atoms with E-state index in [0.717, 1.165) is 68.9 Å². The van der Waals surface area contributed by atoms with Gasteiger partial charge >= 0.3 is 12.2 Å². The van der Waals surface area contributed by atoms with Crippen molar-refractivity contribution in [2.75, 3.05) is 49.1 Å². The lowest BCUT2D eigenvalue weighted by Crippen LogP contribution is -2.52. The van der Waals surface area contributed by atoms with Crippen LogP contribution in [0.25, 0.3) is 0 Å². The van der Waals surface area contributed by atoms with Crippen LogP contribution in [-0.2, 0) is 19.1 Å². The van der Waals surface area contributed by atoms with E-state index in [2.05, 4.69) is 15.1 Å². The van der Waals surface area contributed by atoms with Gasteiger partial charge in [-0.1, -0.05) is 17.7 Å². The minimum atomic E-state index is -4.55. The number of fused-ring (bicyclic) bond motifs is 4. The van der Waals surface area contributed by atoms with E-state index < -0.39 is 11.7 Å². The lowest BCUT2D eigenvalue weighted by atomic mass is 9.95. The van der Waals surface area contributed by atoms with Crippen LogP contribution in [0.5, 0.6) is 6.01 Å². The molecule has 4 saturated heterocycles. The molecule has 0 radical (unpaired) electrons. The van der Waals surface area contributed by atoms with Gasteiger partial charge < -0.3 is 19.9 Å². The molecule has 5 aliphatic heterocycles. The first-order valence-corrected chi connectivity index (χ1v) is 14.6. The van der Waals surface area contributed by atoms with Crippen molar-refractivity contribution in [3.05, 3.63) is 40.0 Å². The minimum Gasteiger partial charge on any atom is -0.461 e. The highest BCUT2D eigenvalue weighted by Gasteiger charge is 2.45. The number of rotatable bonds is 5. The van der Waals surface area contributed by atoms with Gasteiger partial charge in [0.2, 0.25) is 0 Å². The Morgan fingerprint density at radius 1 is 1.03 bits per heavy atom. The number of benzene rings is 1. The Hall–Kier alpha value is -2.30. The van der Waals surface area contributed by atoms with Gasteiger partial charge in [0.05, 0.1) is 34.1 Å². The number of anilines is 2.